The van der Waals surface area contributed by atoms with Crippen molar-refractivity contribution in [2.75, 3.05) is 0 Å². The van der Waals surface area contributed by atoms with Gasteiger partial charge in [-0.05, 0) is 43.9 Å². The lowest BCUT2D eigenvalue weighted by Gasteiger charge is -2.38. The Morgan fingerprint density at radius 2 is 2.18 bits per heavy atom. The number of hydrogen-bond donors (Lipinski definition) is 2. The number of aryl methyl sites for hydroxylation is 1. The number of nitrogens with two attached hydrogens (primary N) is 1. The summed E-state index contributed by atoms with van der Waals surface area (Å²) in [5.74, 6) is 1.15. The van der Waals surface area contributed by atoms with Crippen LogP contribution in [-0.4, -0.2) is 21.9 Å². The second-order valence-electron chi connectivity index (χ2n) is 6.22. The summed E-state index contributed by atoms with van der Waals surface area (Å²) in [6.07, 6.45) is 6.62. The van der Waals surface area contributed by atoms with Crippen LogP contribution in [0.25, 0.3) is 0 Å². The predicted octanol–water partition coefficient (Wildman–Crippen LogP) is 3.16. The smallest absolute Gasteiger partial charge is 0.160 e. The van der Waals surface area contributed by atoms with Gasteiger partial charge in [0.05, 0.1) is 11.7 Å². The minimum Gasteiger partial charge on any atom is -0.369 e. The van der Waals surface area contributed by atoms with Crippen LogP contribution < -0.4 is 5.73 Å². The largest absolute Gasteiger partial charge is 0.369 e. The van der Waals surface area contributed by atoms with Crippen LogP contribution in [0.3, 0.4) is 0 Å². The fourth-order valence-corrected chi connectivity index (χ4v) is 3.10. The van der Waals surface area contributed by atoms with Gasteiger partial charge in [0.2, 0.25) is 0 Å². The minimum atomic E-state index is -0.754. The van der Waals surface area contributed by atoms with Gasteiger partial charge in [-0.1, -0.05) is 31.2 Å². The molecule has 0 saturated heterocycles. The third-order valence-electron chi connectivity index (χ3n) is 4.22. The van der Waals surface area contributed by atoms with E-state index in [-0.39, 0.29) is 6.04 Å². The summed E-state index contributed by atoms with van der Waals surface area (Å²) in [5.41, 5.74) is 9.80. The Labute approximate surface area is 131 Å². The van der Waals surface area contributed by atoms with Gasteiger partial charge in [-0.15, -0.1) is 0 Å². The number of hydrogen-bond acceptors (Lipinski definition) is 4. The van der Waals surface area contributed by atoms with Crippen molar-refractivity contribution in [3.8, 4) is 0 Å². The highest BCUT2D eigenvalue weighted by Crippen LogP contribution is 2.39. The van der Waals surface area contributed by atoms with Crippen molar-refractivity contribution in [1.29, 1.82) is 0 Å². The molecule has 3 rings (SSSR count). The Kier molecular flexibility index (Phi) is 3.89. The first kappa shape index (κ1) is 15.0. The highest BCUT2D eigenvalue weighted by Gasteiger charge is 2.33. The van der Waals surface area contributed by atoms with E-state index in [1.54, 1.807) is 0 Å². The summed E-state index contributed by atoms with van der Waals surface area (Å²) in [6.45, 7) is 6.07. The van der Waals surface area contributed by atoms with E-state index in [4.69, 9.17) is 10.7 Å². The molecule has 0 spiro atoms. The average molecular weight is 297 g/mol. The molecular weight excluding hydrogens is 274 g/mol. The summed E-state index contributed by atoms with van der Waals surface area (Å²) in [5, 5.41) is 11.0. The molecule has 2 aliphatic rings. The van der Waals surface area contributed by atoms with Crippen LogP contribution >= 0.6 is 0 Å². The van der Waals surface area contributed by atoms with Gasteiger partial charge in [-0.25, -0.2) is 4.99 Å². The van der Waals surface area contributed by atoms with E-state index in [1.807, 2.05) is 43.0 Å². The second kappa shape index (κ2) is 5.71. The molecule has 2 unspecified atom stereocenters. The molecule has 0 amide bonds. The van der Waals surface area contributed by atoms with Crippen LogP contribution in [0.2, 0.25) is 0 Å². The monoisotopic (exact) mass is 297 g/mol. The number of benzene rings is 1. The zero-order valence-electron chi connectivity index (χ0n) is 13.3. The minimum absolute atomic E-state index is 0.255. The summed E-state index contributed by atoms with van der Waals surface area (Å²) >= 11 is 0. The molecule has 116 valence electrons. The first-order valence-electron chi connectivity index (χ1n) is 7.78. The van der Waals surface area contributed by atoms with Crippen molar-refractivity contribution in [3.05, 3.63) is 53.3 Å². The van der Waals surface area contributed by atoms with Gasteiger partial charge < -0.3 is 10.8 Å². The number of fused-ring (bicyclic) bond motifs is 1. The van der Waals surface area contributed by atoms with Crippen molar-refractivity contribution in [2.24, 2.45) is 16.6 Å². The number of aliphatic imine (C=N–C) groups is 1. The summed E-state index contributed by atoms with van der Waals surface area (Å²) in [6, 6.07) is 5.63. The maximum absolute atomic E-state index is 11.0. The van der Waals surface area contributed by atoms with Crippen LogP contribution in [0, 0.1) is 12.8 Å². The lowest BCUT2D eigenvalue weighted by atomic mass is 9.97. The zero-order valence-corrected chi connectivity index (χ0v) is 13.3. The maximum Gasteiger partial charge on any atom is 0.160 e. The van der Waals surface area contributed by atoms with Crippen LogP contribution in [0.15, 0.2) is 47.1 Å². The highest BCUT2D eigenvalue weighted by molar-refractivity contribution is 5.93. The fourth-order valence-electron chi connectivity index (χ4n) is 3.10. The van der Waals surface area contributed by atoms with E-state index in [0.717, 1.165) is 28.9 Å². The molecule has 1 aliphatic carbocycles. The summed E-state index contributed by atoms with van der Waals surface area (Å²) in [7, 11) is 0. The molecule has 4 heteroatoms. The van der Waals surface area contributed by atoms with E-state index in [9.17, 15) is 5.11 Å². The Morgan fingerprint density at radius 1 is 1.41 bits per heavy atom. The number of aliphatic hydroxyl groups excluding tert-OH is 1. The molecule has 1 aromatic carbocycles. The quantitative estimate of drug-likeness (QED) is 0.881. The number of nitrogens with zero attached hydrogens (tertiary/aromatic N) is 2. The van der Waals surface area contributed by atoms with Crippen LogP contribution in [0.1, 0.15) is 37.6 Å². The van der Waals surface area contributed by atoms with E-state index in [0.29, 0.717) is 11.8 Å². The molecule has 1 aliphatic heterocycles. The second-order valence-corrected chi connectivity index (χ2v) is 6.22. The van der Waals surface area contributed by atoms with Gasteiger partial charge in [0, 0.05) is 11.3 Å². The SMILES string of the molecule is Cc1cccc2c1C(O)N(C1=CC(C)CC=C1)C([C@H](C)N)=N2. The average Bonchev–Trinajstić information content (AvgIpc) is 2.46. The van der Waals surface area contributed by atoms with Gasteiger partial charge in [0.1, 0.15) is 5.84 Å². The third-order valence-corrected chi connectivity index (χ3v) is 4.22. The summed E-state index contributed by atoms with van der Waals surface area (Å²) in [4.78, 5) is 6.59. The molecule has 0 radical (unpaired) electrons. The Bertz CT molecular complexity index is 673. The van der Waals surface area contributed by atoms with Crippen molar-refractivity contribution in [3.63, 3.8) is 0 Å². The molecule has 3 N–H and O–H groups in total. The predicted molar refractivity (Wildman–Crippen MR) is 89.7 cm³/mol. The molecule has 4 nitrogen and oxygen atoms in total. The van der Waals surface area contributed by atoms with Crippen LogP contribution in [-0.2, 0) is 0 Å². The molecule has 22 heavy (non-hydrogen) atoms. The third kappa shape index (κ3) is 2.49. The molecule has 0 saturated carbocycles. The molecule has 1 aromatic rings. The van der Waals surface area contributed by atoms with Crippen LogP contribution in [0.4, 0.5) is 5.69 Å². The highest BCUT2D eigenvalue weighted by atomic mass is 16.3. The molecule has 1 heterocycles. The van der Waals surface area contributed by atoms with Crippen molar-refractivity contribution in [2.45, 2.75) is 39.5 Å². The normalized spacial score (nSPS) is 25.4. The number of rotatable bonds is 2. The number of allylic oxidation sites excluding steroid dienone is 3. The first-order chi connectivity index (χ1) is 10.5. The standard InChI is InChI=1S/C18H23N3O/c1-11-6-4-8-14(10-11)21-17(13(3)19)20-15-9-5-7-12(2)16(15)18(21)22/h4-5,7-11,13,18,22H,6,19H2,1-3H3/t11?,13-,18?/m0/s1. The van der Waals surface area contributed by atoms with Gasteiger partial charge in [0.15, 0.2) is 6.23 Å². The number of aliphatic hydroxyl groups is 1. The number of amidine groups is 1. The van der Waals surface area contributed by atoms with Crippen molar-refractivity contribution < 1.29 is 5.11 Å². The van der Waals surface area contributed by atoms with Gasteiger partial charge in [-0.3, -0.25) is 4.90 Å². The Morgan fingerprint density at radius 3 is 2.86 bits per heavy atom. The molecular formula is C18H23N3O. The molecule has 0 fully saturated rings. The molecule has 0 aromatic heterocycles. The zero-order chi connectivity index (χ0) is 15.9. The first-order valence-corrected chi connectivity index (χ1v) is 7.78. The maximum atomic E-state index is 11.0. The van der Waals surface area contributed by atoms with E-state index >= 15 is 0 Å². The van der Waals surface area contributed by atoms with E-state index in [2.05, 4.69) is 19.1 Å². The fraction of sp³-hybridized carbons (Fsp3) is 0.389. The molecule has 3 atom stereocenters. The van der Waals surface area contributed by atoms with Gasteiger partial charge in [0.25, 0.3) is 0 Å². The Hall–Kier alpha value is -1.91. The van der Waals surface area contributed by atoms with Gasteiger partial charge in [-0.2, -0.15) is 0 Å². The molecule has 0 bridgehead atoms. The lowest BCUT2D eigenvalue weighted by Crippen LogP contribution is -2.45. The van der Waals surface area contributed by atoms with Crippen molar-refractivity contribution >= 4 is 11.5 Å². The van der Waals surface area contributed by atoms with Gasteiger partial charge >= 0.3 is 0 Å². The topological polar surface area (TPSA) is 61.8 Å². The summed E-state index contributed by atoms with van der Waals surface area (Å²) < 4.78 is 0. The Balaban J connectivity index is 2.14. The van der Waals surface area contributed by atoms with Crippen molar-refractivity contribution in [1.82, 2.24) is 4.90 Å². The van der Waals surface area contributed by atoms with E-state index in [1.165, 1.54) is 0 Å². The van der Waals surface area contributed by atoms with Crippen LogP contribution in [0.5, 0.6) is 0 Å². The lowest BCUT2D eigenvalue weighted by molar-refractivity contribution is 0.0711. The van der Waals surface area contributed by atoms with E-state index < -0.39 is 6.23 Å².